The van der Waals surface area contributed by atoms with E-state index in [-0.39, 0.29) is 6.54 Å². The molecule has 156 valence electrons. The minimum absolute atomic E-state index is 0.220. The van der Waals surface area contributed by atoms with Crippen molar-refractivity contribution in [2.75, 3.05) is 49.5 Å². The number of likely N-dealkylation sites (N-methyl/N-ethyl adjacent to an activating group) is 1. The van der Waals surface area contributed by atoms with Crippen molar-refractivity contribution in [2.24, 2.45) is 5.73 Å². The number of piperazine rings is 1. The van der Waals surface area contributed by atoms with Gasteiger partial charge in [0.1, 0.15) is 6.54 Å². The highest BCUT2D eigenvalue weighted by atomic mass is 16.2. The van der Waals surface area contributed by atoms with Gasteiger partial charge in [0.15, 0.2) is 0 Å². The lowest BCUT2D eigenvalue weighted by Gasteiger charge is -2.33. The second-order valence-corrected chi connectivity index (χ2v) is 7.30. The minimum atomic E-state index is -0.671. The highest BCUT2D eigenvalue weighted by Gasteiger charge is 2.32. The predicted octanol–water partition coefficient (Wildman–Crippen LogP) is 0.405. The summed E-state index contributed by atoms with van der Waals surface area (Å²) in [6.45, 7) is 4.50. The third-order valence-electron chi connectivity index (χ3n) is 5.37. The number of primary amides is 1. The number of anilines is 2. The van der Waals surface area contributed by atoms with E-state index in [1.165, 1.54) is 9.80 Å². The molecule has 2 heterocycles. The highest BCUT2D eigenvalue weighted by molar-refractivity contribution is 6.35. The van der Waals surface area contributed by atoms with Crippen molar-refractivity contribution in [3.05, 3.63) is 23.8 Å². The van der Waals surface area contributed by atoms with E-state index in [1.807, 2.05) is 0 Å². The second-order valence-electron chi connectivity index (χ2n) is 7.30. The summed E-state index contributed by atoms with van der Waals surface area (Å²) in [6.07, 6.45) is 3.28. The van der Waals surface area contributed by atoms with Gasteiger partial charge in [-0.25, -0.2) is 0 Å². The van der Waals surface area contributed by atoms with Crippen molar-refractivity contribution in [1.82, 2.24) is 9.80 Å². The Morgan fingerprint density at radius 2 is 1.66 bits per heavy atom. The Bertz CT molecular complexity index is 819. The lowest BCUT2D eigenvalue weighted by molar-refractivity contribution is -0.156. The molecule has 3 rings (SSSR count). The van der Waals surface area contributed by atoms with Gasteiger partial charge in [-0.1, -0.05) is 0 Å². The molecule has 0 aliphatic carbocycles. The molecule has 0 aromatic heterocycles. The van der Waals surface area contributed by atoms with E-state index in [0.29, 0.717) is 30.9 Å². The Balaban J connectivity index is 1.74. The Morgan fingerprint density at radius 1 is 1.00 bits per heavy atom. The largest absolute Gasteiger partial charge is 0.370 e. The maximum atomic E-state index is 12.6. The lowest BCUT2D eigenvalue weighted by atomic mass is 10.1. The fourth-order valence-corrected chi connectivity index (χ4v) is 3.73. The monoisotopic (exact) mass is 401 g/mol. The van der Waals surface area contributed by atoms with Gasteiger partial charge in [-0.2, -0.15) is 0 Å². The molecule has 1 aromatic rings. The van der Waals surface area contributed by atoms with E-state index in [1.54, 1.807) is 25.1 Å². The van der Waals surface area contributed by atoms with E-state index < -0.39 is 23.6 Å². The van der Waals surface area contributed by atoms with Crippen LogP contribution in [0.15, 0.2) is 18.2 Å². The lowest BCUT2D eigenvalue weighted by Crippen LogP contribution is -2.55. The van der Waals surface area contributed by atoms with Crippen LogP contribution < -0.4 is 16.0 Å². The number of carbonyl (C=O) groups is 4. The van der Waals surface area contributed by atoms with Gasteiger partial charge in [0.25, 0.3) is 0 Å². The summed E-state index contributed by atoms with van der Waals surface area (Å²) >= 11 is 0. The van der Waals surface area contributed by atoms with E-state index in [4.69, 9.17) is 5.73 Å². The molecule has 9 nitrogen and oxygen atoms in total. The van der Waals surface area contributed by atoms with Crippen LogP contribution in [0.3, 0.4) is 0 Å². The summed E-state index contributed by atoms with van der Waals surface area (Å²) in [5.41, 5.74) is 6.99. The fourth-order valence-electron chi connectivity index (χ4n) is 3.73. The van der Waals surface area contributed by atoms with Gasteiger partial charge in [0.2, 0.25) is 11.8 Å². The van der Waals surface area contributed by atoms with Crippen LogP contribution in [0.5, 0.6) is 0 Å². The average molecular weight is 401 g/mol. The molecule has 0 saturated carbocycles. The van der Waals surface area contributed by atoms with Gasteiger partial charge in [0, 0.05) is 38.3 Å². The minimum Gasteiger partial charge on any atom is -0.370 e. The Kier molecular flexibility index (Phi) is 6.36. The number of rotatable bonds is 6. The molecule has 2 fully saturated rings. The first kappa shape index (κ1) is 20.6. The number of nitrogens with zero attached hydrogens (tertiary/aromatic N) is 3. The van der Waals surface area contributed by atoms with Gasteiger partial charge in [-0.3, -0.25) is 19.2 Å². The topological polar surface area (TPSA) is 116 Å². The molecule has 29 heavy (non-hydrogen) atoms. The normalized spacial score (nSPS) is 17.5. The molecule has 0 spiro atoms. The summed E-state index contributed by atoms with van der Waals surface area (Å²) in [5, 5.41) is 2.80. The number of hydrogen-bond donors (Lipinski definition) is 2. The number of carbonyl (C=O) groups excluding carboxylic acids is 4. The molecule has 2 aliphatic heterocycles. The van der Waals surface area contributed by atoms with Crippen LogP contribution in [0.25, 0.3) is 0 Å². The molecular formula is C20H27N5O4. The predicted molar refractivity (Wildman–Crippen MR) is 108 cm³/mol. The zero-order valence-electron chi connectivity index (χ0n) is 16.6. The van der Waals surface area contributed by atoms with Gasteiger partial charge in [-0.05, 0) is 44.4 Å². The molecule has 0 bridgehead atoms. The molecule has 2 aliphatic rings. The molecule has 0 unspecified atom stereocenters. The summed E-state index contributed by atoms with van der Waals surface area (Å²) in [5.74, 6) is -2.26. The van der Waals surface area contributed by atoms with Crippen LogP contribution in [-0.4, -0.2) is 72.7 Å². The molecule has 1 aromatic carbocycles. The van der Waals surface area contributed by atoms with Crippen molar-refractivity contribution in [2.45, 2.75) is 26.2 Å². The first-order chi connectivity index (χ1) is 13.9. The first-order valence-corrected chi connectivity index (χ1v) is 9.97. The molecule has 0 atom stereocenters. The van der Waals surface area contributed by atoms with E-state index in [2.05, 4.69) is 10.2 Å². The maximum Gasteiger partial charge on any atom is 0.312 e. The summed E-state index contributed by atoms with van der Waals surface area (Å²) in [7, 11) is 0. The summed E-state index contributed by atoms with van der Waals surface area (Å²) < 4.78 is 0. The average Bonchev–Trinajstić information content (AvgIpc) is 2.72. The Labute approximate surface area is 169 Å². The summed E-state index contributed by atoms with van der Waals surface area (Å²) in [6, 6.07) is 5.00. The number of amides is 4. The van der Waals surface area contributed by atoms with Crippen molar-refractivity contribution < 1.29 is 19.2 Å². The van der Waals surface area contributed by atoms with Gasteiger partial charge < -0.3 is 25.8 Å². The van der Waals surface area contributed by atoms with Crippen LogP contribution in [0.2, 0.25) is 0 Å². The molecule has 3 N–H and O–H groups in total. The smallest absolute Gasteiger partial charge is 0.312 e. The quantitative estimate of drug-likeness (QED) is 0.670. The van der Waals surface area contributed by atoms with Gasteiger partial charge in [0.05, 0.1) is 11.4 Å². The maximum absolute atomic E-state index is 12.6. The van der Waals surface area contributed by atoms with E-state index in [0.717, 1.165) is 38.0 Å². The second kappa shape index (κ2) is 8.93. The van der Waals surface area contributed by atoms with Crippen LogP contribution in [-0.2, 0) is 14.4 Å². The van der Waals surface area contributed by atoms with Crippen LogP contribution in [0.1, 0.15) is 36.5 Å². The van der Waals surface area contributed by atoms with E-state index in [9.17, 15) is 19.2 Å². The summed E-state index contributed by atoms with van der Waals surface area (Å²) in [4.78, 5) is 53.4. The number of nitrogens with two attached hydrogens (primary N) is 1. The molecule has 2 saturated heterocycles. The molecule has 4 amide bonds. The molecule has 0 radical (unpaired) electrons. The zero-order chi connectivity index (χ0) is 21.0. The third kappa shape index (κ3) is 4.67. The van der Waals surface area contributed by atoms with Crippen molar-refractivity contribution in [3.63, 3.8) is 0 Å². The molecular weight excluding hydrogens is 374 g/mol. The van der Waals surface area contributed by atoms with Gasteiger partial charge >= 0.3 is 11.8 Å². The van der Waals surface area contributed by atoms with Crippen molar-refractivity contribution in [1.29, 1.82) is 0 Å². The van der Waals surface area contributed by atoms with Crippen LogP contribution >= 0.6 is 0 Å². The number of piperidine rings is 1. The fraction of sp³-hybridized carbons (Fsp3) is 0.500. The van der Waals surface area contributed by atoms with E-state index >= 15 is 0 Å². The number of nitrogens with one attached hydrogen (secondary N) is 1. The third-order valence-corrected chi connectivity index (χ3v) is 5.37. The standard InChI is InChI=1S/C20H27N5O4/c1-2-23-10-11-25(20(29)19(23)28)13-17(26)22-15-12-14(18(21)27)6-7-16(15)24-8-4-3-5-9-24/h6-7,12H,2-5,8-11,13H2,1H3,(H2,21,27)(H,22,26). The Morgan fingerprint density at radius 3 is 2.31 bits per heavy atom. The first-order valence-electron chi connectivity index (χ1n) is 9.97. The molecule has 9 heteroatoms. The van der Waals surface area contributed by atoms with Crippen LogP contribution in [0.4, 0.5) is 11.4 Å². The number of hydrogen-bond acceptors (Lipinski definition) is 5. The number of benzene rings is 1. The Hall–Kier alpha value is -3.10. The highest BCUT2D eigenvalue weighted by Crippen LogP contribution is 2.29. The van der Waals surface area contributed by atoms with Crippen molar-refractivity contribution >= 4 is 35.0 Å². The van der Waals surface area contributed by atoms with Gasteiger partial charge in [-0.15, -0.1) is 0 Å². The van der Waals surface area contributed by atoms with Crippen LogP contribution in [0, 0.1) is 0 Å². The zero-order valence-corrected chi connectivity index (χ0v) is 16.6. The van der Waals surface area contributed by atoms with Crippen molar-refractivity contribution in [3.8, 4) is 0 Å². The SMILES string of the molecule is CCN1CCN(CC(=O)Nc2cc(C(N)=O)ccc2N2CCCCC2)C(=O)C1=O.